The molecule has 1 rings (SSSR count). The average Bonchev–Trinajstić information content (AvgIpc) is 2.24. The molecule has 0 saturated carbocycles. The first-order valence-electron chi connectivity index (χ1n) is 5.79. The molecule has 1 fully saturated rings. The molecule has 2 atom stereocenters. The standard InChI is InChI=1S/C11H22N2O3/c1-9-5-10(7-12-6-9)13-11(14)8-16-4-3-15-2/h9-10,12H,3-8H2,1-2H3,(H,13,14). The summed E-state index contributed by atoms with van der Waals surface area (Å²) in [6.45, 7) is 5.18. The largest absolute Gasteiger partial charge is 0.382 e. The number of hydrogen-bond donors (Lipinski definition) is 2. The minimum atomic E-state index is -0.0444. The van der Waals surface area contributed by atoms with Gasteiger partial charge in [0.25, 0.3) is 0 Å². The van der Waals surface area contributed by atoms with Gasteiger partial charge in [-0.3, -0.25) is 4.79 Å². The molecule has 0 spiro atoms. The second kappa shape index (κ2) is 7.60. The summed E-state index contributed by atoms with van der Waals surface area (Å²) < 4.78 is 9.97. The molecular weight excluding hydrogens is 208 g/mol. The van der Waals surface area contributed by atoms with Crippen molar-refractivity contribution in [3.05, 3.63) is 0 Å². The van der Waals surface area contributed by atoms with Gasteiger partial charge in [-0.2, -0.15) is 0 Å². The van der Waals surface area contributed by atoms with Crippen LogP contribution in [-0.2, 0) is 14.3 Å². The monoisotopic (exact) mass is 230 g/mol. The third-order valence-corrected chi connectivity index (χ3v) is 2.60. The normalized spacial score (nSPS) is 25.4. The number of carbonyl (C=O) groups is 1. The van der Waals surface area contributed by atoms with Gasteiger partial charge in [0.05, 0.1) is 13.2 Å². The van der Waals surface area contributed by atoms with E-state index in [1.807, 2.05) is 0 Å². The summed E-state index contributed by atoms with van der Waals surface area (Å²) in [6.07, 6.45) is 1.04. The second-order valence-corrected chi connectivity index (χ2v) is 4.31. The number of amides is 1. The first-order valence-corrected chi connectivity index (χ1v) is 5.79. The first kappa shape index (κ1) is 13.4. The molecule has 0 radical (unpaired) electrons. The predicted octanol–water partition coefficient (Wildman–Crippen LogP) is -0.236. The number of nitrogens with one attached hydrogen (secondary N) is 2. The third-order valence-electron chi connectivity index (χ3n) is 2.60. The molecule has 0 aromatic carbocycles. The maximum Gasteiger partial charge on any atom is 0.246 e. The van der Waals surface area contributed by atoms with E-state index < -0.39 is 0 Å². The van der Waals surface area contributed by atoms with E-state index >= 15 is 0 Å². The Labute approximate surface area is 96.9 Å². The van der Waals surface area contributed by atoms with Crippen LogP contribution in [0.2, 0.25) is 0 Å². The van der Waals surface area contributed by atoms with Crippen LogP contribution < -0.4 is 10.6 Å². The molecule has 2 N–H and O–H groups in total. The van der Waals surface area contributed by atoms with Crippen molar-refractivity contribution in [1.29, 1.82) is 0 Å². The van der Waals surface area contributed by atoms with Crippen molar-refractivity contribution in [2.75, 3.05) is 40.0 Å². The lowest BCUT2D eigenvalue weighted by molar-refractivity contribution is -0.127. The van der Waals surface area contributed by atoms with Gasteiger partial charge in [-0.25, -0.2) is 0 Å². The highest BCUT2D eigenvalue weighted by molar-refractivity contribution is 5.77. The minimum absolute atomic E-state index is 0.0444. The summed E-state index contributed by atoms with van der Waals surface area (Å²) in [5.41, 5.74) is 0. The zero-order chi connectivity index (χ0) is 11.8. The van der Waals surface area contributed by atoms with Crippen molar-refractivity contribution < 1.29 is 14.3 Å². The lowest BCUT2D eigenvalue weighted by Crippen LogP contribution is -2.49. The molecule has 16 heavy (non-hydrogen) atoms. The van der Waals surface area contributed by atoms with Crippen molar-refractivity contribution in [2.45, 2.75) is 19.4 Å². The fraction of sp³-hybridized carbons (Fsp3) is 0.909. The van der Waals surface area contributed by atoms with E-state index in [0.29, 0.717) is 19.1 Å². The molecule has 1 heterocycles. The van der Waals surface area contributed by atoms with Crippen molar-refractivity contribution >= 4 is 5.91 Å². The Hall–Kier alpha value is -0.650. The van der Waals surface area contributed by atoms with Crippen LogP contribution in [0.3, 0.4) is 0 Å². The molecule has 1 saturated heterocycles. The minimum Gasteiger partial charge on any atom is -0.382 e. The summed E-state index contributed by atoms with van der Waals surface area (Å²) in [7, 11) is 1.61. The number of carbonyl (C=O) groups excluding carboxylic acids is 1. The van der Waals surface area contributed by atoms with Gasteiger partial charge in [0.15, 0.2) is 0 Å². The van der Waals surface area contributed by atoms with Crippen LogP contribution in [0.5, 0.6) is 0 Å². The van der Waals surface area contributed by atoms with Crippen LogP contribution in [0.15, 0.2) is 0 Å². The Morgan fingerprint density at radius 1 is 1.44 bits per heavy atom. The quantitative estimate of drug-likeness (QED) is 0.619. The Bertz CT molecular complexity index is 211. The lowest BCUT2D eigenvalue weighted by atomic mass is 9.98. The highest BCUT2D eigenvalue weighted by Crippen LogP contribution is 2.08. The van der Waals surface area contributed by atoms with Crippen LogP contribution in [0, 0.1) is 5.92 Å². The third kappa shape index (κ3) is 5.44. The molecule has 5 heteroatoms. The fourth-order valence-electron chi connectivity index (χ4n) is 1.84. The molecule has 1 aliphatic heterocycles. The molecule has 0 aromatic heterocycles. The Morgan fingerprint density at radius 3 is 2.94 bits per heavy atom. The summed E-state index contributed by atoms with van der Waals surface area (Å²) >= 11 is 0. The van der Waals surface area contributed by atoms with Gasteiger partial charge in [0, 0.05) is 19.7 Å². The number of piperidine rings is 1. The zero-order valence-corrected chi connectivity index (χ0v) is 10.1. The van der Waals surface area contributed by atoms with Gasteiger partial charge in [0.2, 0.25) is 5.91 Å². The van der Waals surface area contributed by atoms with E-state index in [1.54, 1.807) is 7.11 Å². The van der Waals surface area contributed by atoms with Gasteiger partial charge in [-0.15, -0.1) is 0 Å². The maximum atomic E-state index is 11.5. The molecule has 5 nitrogen and oxygen atoms in total. The van der Waals surface area contributed by atoms with E-state index in [4.69, 9.17) is 9.47 Å². The van der Waals surface area contributed by atoms with Crippen LogP contribution in [-0.4, -0.2) is 52.0 Å². The SMILES string of the molecule is COCCOCC(=O)NC1CNCC(C)C1. The van der Waals surface area contributed by atoms with E-state index in [9.17, 15) is 4.79 Å². The highest BCUT2D eigenvalue weighted by Gasteiger charge is 2.19. The summed E-state index contributed by atoms with van der Waals surface area (Å²) in [6, 6.07) is 0.238. The van der Waals surface area contributed by atoms with Crippen molar-refractivity contribution in [3.63, 3.8) is 0 Å². The number of ether oxygens (including phenoxy) is 2. The van der Waals surface area contributed by atoms with E-state index in [2.05, 4.69) is 17.6 Å². The Kier molecular flexibility index (Phi) is 6.37. The predicted molar refractivity (Wildman–Crippen MR) is 61.3 cm³/mol. The van der Waals surface area contributed by atoms with Crippen molar-refractivity contribution in [3.8, 4) is 0 Å². The summed E-state index contributed by atoms with van der Waals surface area (Å²) in [5, 5.41) is 6.25. The van der Waals surface area contributed by atoms with Gasteiger partial charge >= 0.3 is 0 Å². The van der Waals surface area contributed by atoms with Gasteiger partial charge < -0.3 is 20.1 Å². The van der Waals surface area contributed by atoms with Crippen molar-refractivity contribution in [1.82, 2.24) is 10.6 Å². The molecule has 1 aliphatic rings. The van der Waals surface area contributed by atoms with Crippen LogP contribution in [0.4, 0.5) is 0 Å². The van der Waals surface area contributed by atoms with E-state index in [-0.39, 0.29) is 18.6 Å². The summed E-state index contributed by atoms with van der Waals surface area (Å²) in [4.78, 5) is 11.5. The molecule has 0 aromatic rings. The molecule has 2 unspecified atom stereocenters. The van der Waals surface area contributed by atoms with Gasteiger partial charge in [-0.1, -0.05) is 6.92 Å². The van der Waals surface area contributed by atoms with Crippen LogP contribution in [0.25, 0.3) is 0 Å². The Morgan fingerprint density at radius 2 is 2.25 bits per heavy atom. The lowest BCUT2D eigenvalue weighted by Gasteiger charge is -2.28. The number of hydrogen-bond acceptors (Lipinski definition) is 4. The second-order valence-electron chi connectivity index (χ2n) is 4.31. The van der Waals surface area contributed by atoms with E-state index in [1.165, 1.54) is 0 Å². The number of methoxy groups -OCH3 is 1. The summed E-state index contributed by atoms with van der Waals surface area (Å²) in [5.74, 6) is 0.575. The van der Waals surface area contributed by atoms with Gasteiger partial charge in [-0.05, 0) is 18.9 Å². The first-order chi connectivity index (χ1) is 7.72. The van der Waals surface area contributed by atoms with Crippen molar-refractivity contribution in [2.24, 2.45) is 5.92 Å². The molecular formula is C11H22N2O3. The smallest absolute Gasteiger partial charge is 0.246 e. The Balaban J connectivity index is 2.08. The van der Waals surface area contributed by atoms with E-state index in [0.717, 1.165) is 19.5 Å². The van der Waals surface area contributed by atoms with Crippen LogP contribution >= 0.6 is 0 Å². The topological polar surface area (TPSA) is 59.6 Å². The zero-order valence-electron chi connectivity index (χ0n) is 10.1. The van der Waals surface area contributed by atoms with Gasteiger partial charge in [0.1, 0.15) is 6.61 Å². The maximum absolute atomic E-state index is 11.5. The number of rotatable bonds is 6. The highest BCUT2D eigenvalue weighted by atomic mass is 16.5. The fourth-order valence-corrected chi connectivity index (χ4v) is 1.84. The average molecular weight is 230 g/mol. The molecule has 0 aliphatic carbocycles. The van der Waals surface area contributed by atoms with Crippen LogP contribution in [0.1, 0.15) is 13.3 Å². The molecule has 94 valence electrons. The molecule has 0 bridgehead atoms. The molecule has 1 amide bonds.